The summed E-state index contributed by atoms with van der Waals surface area (Å²) in [4.78, 5) is 0. The molecule has 0 aliphatic heterocycles. The van der Waals surface area contributed by atoms with Crippen molar-refractivity contribution in [3.05, 3.63) is 101 Å². The van der Waals surface area contributed by atoms with Crippen molar-refractivity contribution in [1.29, 1.82) is 0 Å². The zero-order chi connectivity index (χ0) is 16.9. The van der Waals surface area contributed by atoms with Crippen molar-refractivity contribution in [1.82, 2.24) is 4.57 Å². The molecule has 1 heteroatoms. The van der Waals surface area contributed by atoms with Gasteiger partial charge in [0.05, 0.1) is 0 Å². The largest absolute Gasteiger partial charge is 0.325 e. The van der Waals surface area contributed by atoms with Gasteiger partial charge in [-0.15, -0.1) is 0 Å². The molecule has 0 unspecified atom stereocenters. The highest BCUT2D eigenvalue weighted by atomic mass is 15.0. The first-order valence-corrected chi connectivity index (χ1v) is 8.31. The quantitative estimate of drug-likeness (QED) is 0.499. The Kier molecular flexibility index (Phi) is 4.81. The van der Waals surface area contributed by atoms with Crippen LogP contribution in [0.5, 0.6) is 0 Å². The Hall–Kier alpha value is -2.80. The molecule has 0 spiro atoms. The van der Waals surface area contributed by atoms with E-state index in [-0.39, 0.29) is 0 Å². The van der Waals surface area contributed by atoms with Crippen molar-refractivity contribution in [3.8, 4) is 0 Å². The van der Waals surface area contributed by atoms with Gasteiger partial charge >= 0.3 is 0 Å². The van der Waals surface area contributed by atoms with E-state index in [0.29, 0.717) is 0 Å². The highest BCUT2D eigenvalue weighted by Crippen LogP contribution is 2.30. The Bertz CT molecular complexity index is 865. The van der Waals surface area contributed by atoms with E-state index in [1.807, 2.05) is 0 Å². The first-order chi connectivity index (χ1) is 11.7. The van der Waals surface area contributed by atoms with Crippen LogP contribution in [0.2, 0.25) is 0 Å². The smallest absolute Gasteiger partial charge is 0.0273 e. The number of hydrogen-bond donors (Lipinski definition) is 0. The summed E-state index contributed by atoms with van der Waals surface area (Å²) in [5, 5.41) is 0. The Morgan fingerprint density at radius 1 is 0.792 bits per heavy atom. The molecule has 0 aliphatic carbocycles. The van der Waals surface area contributed by atoms with Crippen LogP contribution in [0.25, 0.3) is 17.3 Å². The molecule has 3 aromatic rings. The SMILES string of the molecule is CC(=C\c1ccccc1)/C(=C(/C)n1cccc1C)c1ccccc1. The second kappa shape index (κ2) is 7.18. The molecule has 0 radical (unpaired) electrons. The third-order valence-corrected chi connectivity index (χ3v) is 4.32. The predicted octanol–water partition coefficient (Wildman–Crippen LogP) is 6.29. The van der Waals surface area contributed by atoms with Gasteiger partial charge in [0.1, 0.15) is 0 Å². The van der Waals surface area contributed by atoms with Gasteiger partial charge in [0, 0.05) is 23.2 Å². The van der Waals surface area contributed by atoms with E-state index >= 15 is 0 Å². The highest BCUT2D eigenvalue weighted by molar-refractivity contribution is 5.95. The Labute approximate surface area is 144 Å². The standard InChI is InChI=1S/C23H23N/c1-18(17-21-12-6-4-7-13-21)23(22-14-8-5-9-15-22)20(3)24-16-10-11-19(24)2/h4-17H,1-3H3/b18-17+,23-20+. The number of rotatable bonds is 4. The lowest BCUT2D eigenvalue weighted by Crippen LogP contribution is -2.00. The van der Waals surface area contributed by atoms with Crippen LogP contribution >= 0.6 is 0 Å². The second-order valence-electron chi connectivity index (χ2n) is 6.08. The molecule has 3 rings (SSSR count). The number of benzene rings is 2. The molecule has 1 aromatic heterocycles. The van der Waals surface area contributed by atoms with Crippen molar-refractivity contribution in [2.75, 3.05) is 0 Å². The summed E-state index contributed by atoms with van der Waals surface area (Å²) in [6.07, 6.45) is 4.38. The fourth-order valence-corrected chi connectivity index (χ4v) is 3.16. The van der Waals surface area contributed by atoms with E-state index < -0.39 is 0 Å². The van der Waals surface area contributed by atoms with Gasteiger partial charge in [-0.05, 0) is 49.6 Å². The normalized spacial score (nSPS) is 12.9. The molecule has 1 heterocycles. The molecule has 0 saturated heterocycles. The van der Waals surface area contributed by atoms with Crippen LogP contribution in [-0.4, -0.2) is 4.57 Å². The van der Waals surface area contributed by atoms with Gasteiger partial charge < -0.3 is 4.57 Å². The molecule has 2 aromatic carbocycles. The van der Waals surface area contributed by atoms with Crippen molar-refractivity contribution in [2.45, 2.75) is 20.8 Å². The van der Waals surface area contributed by atoms with E-state index in [2.05, 4.69) is 110 Å². The van der Waals surface area contributed by atoms with E-state index in [4.69, 9.17) is 0 Å². The molecular formula is C23H23N. The lowest BCUT2D eigenvalue weighted by Gasteiger charge is -2.16. The molecule has 120 valence electrons. The molecule has 0 atom stereocenters. The summed E-state index contributed by atoms with van der Waals surface area (Å²) < 4.78 is 2.25. The number of aryl methyl sites for hydroxylation is 1. The molecule has 0 fully saturated rings. The second-order valence-corrected chi connectivity index (χ2v) is 6.08. The fourth-order valence-electron chi connectivity index (χ4n) is 3.16. The van der Waals surface area contributed by atoms with Crippen molar-refractivity contribution in [3.63, 3.8) is 0 Å². The first kappa shape index (κ1) is 16.1. The summed E-state index contributed by atoms with van der Waals surface area (Å²) in [6, 6.07) is 25.3. The van der Waals surface area contributed by atoms with Crippen LogP contribution in [0.3, 0.4) is 0 Å². The molecule has 0 aliphatic rings. The minimum absolute atomic E-state index is 1.22. The average molecular weight is 313 g/mol. The maximum atomic E-state index is 2.25. The number of aromatic nitrogens is 1. The number of nitrogens with zero attached hydrogens (tertiary/aromatic N) is 1. The first-order valence-electron chi connectivity index (χ1n) is 8.31. The van der Waals surface area contributed by atoms with Crippen LogP contribution in [0.4, 0.5) is 0 Å². The Balaban J connectivity index is 2.17. The number of hydrogen-bond acceptors (Lipinski definition) is 0. The maximum Gasteiger partial charge on any atom is 0.0273 e. The van der Waals surface area contributed by atoms with Crippen LogP contribution in [0, 0.1) is 6.92 Å². The summed E-state index contributed by atoms with van der Waals surface area (Å²) in [5.41, 5.74) is 7.49. The third-order valence-electron chi connectivity index (χ3n) is 4.32. The molecule has 0 saturated carbocycles. The molecule has 1 nitrogen and oxygen atoms in total. The summed E-state index contributed by atoms with van der Waals surface area (Å²) >= 11 is 0. The van der Waals surface area contributed by atoms with Gasteiger partial charge in [0.15, 0.2) is 0 Å². The van der Waals surface area contributed by atoms with Crippen molar-refractivity contribution < 1.29 is 0 Å². The van der Waals surface area contributed by atoms with E-state index in [1.165, 1.54) is 33.7 Å². The van der Waals surface area contributed by atoms with Gasteiger partial charge in [-0.3, -0.25) is 0 Å². The van der Waals surface area contributed by atoms with Crippen LogP contribution in [0.1, 0.15) is 30.7 Å². The minimum Gasteiger partial charge on any atom is -0.325 e. The summed E-state index contributed by atoms with van der Waals surface area (Å²) in [6.45, 7) is 6.53. The topological polar surface area (TPSA) is 4.93 Å². The summed E-state index contributed by atoms with van der Waals surface area (Å²) in [5.74, 6) is 0. The predicted molar refractivity (Wildman–Crippen MR) is 104 cm³/mol. The molecule has 24 heavy (non-hydrogen) atoms. The fraction of sp³-hybridized carbons (Fsp3) is 0.130. The van der Waals surface area contributed by atoms with Crippen molar-refractivity contribution >= 4 is 17.3 Å². The van der Waals surface area contributed by atoms with Gasteiger partial charge in [-0.2, -0.15) is 0 Å². The van der Waals surface area contributed by atoms with Crippen LogP contribution in [-0.2, 0) is 0 Å². The van der Waals surface area contributed by atoms with Crippen LogP contribution in [0.15, 0.2) is 84.6 Å². The maximum absolute atomic E-state index is 2.25. The van der Waals surface area contributed by atoms with Gasteiger partial charge in [0.25, 0.3) is 0 Å². The lowest BCUT2D eigenvalue weighted by molar-refractivity contribution is 1.03. The Morgan fingerprint density at radius 3 is 2.00 bits per heavy atom. The summed E-state index contributed by atoms with van der Waals surface area (Å²) in [7, 11) is 0. The molecule has 0 N–H and O–H groups in total. The van der Waals surface area contributed by atoms with E-state index in [0.717, 1.165) is 0 Å². The van der Waals surface area contributed by atoms with Gasteiger partial charge in [0.2, 0.25) is 0 Å². The average Bonchev–Trinajstić information content (AvgIpc) is 3.03. The highest BCUT2D eigenvalue weighted by Gasteiger charge is 2.11. The zero-order valence-electron chi connectivity index (χ0n) is 14.5. The van der Waals surface area contributed by atoms with E-state index in [1.54, 1.807) is 0 Å². The van der Waals surface area contributed by atoms with Crippen molar-refractivity contribution in [2.24, 2.45) is 0 Å². The molecular weight excluding hydrogens is 290 g/mol. The van der Waals surface area contributed by atoms with Gasteiger partial charge in [-0.1, -0.05) is 66.7 Å². The van der Waals surface area contributed by atoms with Crippen LogP contribution < -0.4 is 0 Å². The molecule has 0 bridgehead atoms. The monoisotopic (exact) mass is 313 g/mol. The van der Waals surface area contributed by atoms with Gasteiger partial charge in [-0.25, -0.2) is 0 Å². The zero-order valence-corrected chi connectivity index (χ0v) is 14.5. The molecule has 0 amide bonds. The Morgan fingerprint density at radius 2 is 1.42 bits per heavy atom. The lowest BCUT2D eigenvalue weighted by atomic mass is 9.95. The minimum atomic E-state index is 1.22. The van der Waals surface area contributed by atoms with E-state index in [9.17, 15) is 0 Å². The third kappa shape index (κ3) is 3.41. The number of allylic oxidation sites excluding steroid dienone is 3.